The molecule has 2 aliphatic rings. The van der Waals surface area contributed by atoms with Crippen LogP contribution in [0.2, 0.25) is 5.02 Å². The van der Waals surface area contributed by atoms with Crippen LogP contribution >= 0.6 is 11.6 Å². The van der Waals surface area contributed by atoms with E-state index in [1.54, 1.807) is 24.3 Å². The normalized spacial score (nSPS) is 20.6. The molecule has 4 rings (SSSR count). The van der Waals surface area contributed by atoms with Crippen LogP contribution in [0.1, 0.15) is 25.3 Å². The minimum atomic E-state index is -0.312. The highest BCUT2D eigenvalue weighted by Crippen LogP contribution is 2.38. The van der Waals surface area contributed by atoms with Crippen molar-refractivity contribution in [1.82, 2.24) is 4.90 Å². The molecule has 0 bridgehead atoms. The summed E-state index contributed by atoms with van der Waals surface area (Å²) in [7, 11) is 0. The molecule has 1 saturated heterocycles. The summed E-state index contributed by atoms with van der Waals surface area (Å²) in [5.41, 5.74) is 2.16. The van der Waals surface area contributed by atoms with Crippen molar-refractivity contribution in [1.29, 1.82) is 0 Å². The third-order valence-corrected chi connectivity index (χ3v) is 5.51. The van der Waals surface area contributed by atoms with E-state index in [9.17, 15) is 9.59 Å². The molecule has 2 aromatic rings. The number of amides is 2. The Balaban J connectivity index is 1.84. The Morgan fingerprint density at radius 2 is 1.67 bits per heavy atom. The zero-order valence-electron chi connectivity index (χ0n) is 15.2. The first-order valence-electron chi connectivity index (χ1n) is 9.26. The number of para-hydroxylation sites is 1. The zero-order chi connectivity index (χ0) is 19.0. The summed E-state index contributed by atoms with van der Waals surface area (Å²) in [5, 5.41) is 0.389. The van der Waals surface area contributed by atoms with Crippen LogP contribution in [0.15, 0.2) is 60.3 Å². The second kappa shape index (κ2) is 7.20. The highest BCUT2D eigenvalue weighted by atomic mass is 35.5. The lowest BCUT2D eigenvalue weighted by Gasteiger charge is -2.33. The highest BCUT2D eigenvalue weighted by molar-refractivity contribution is 6.47. The van der Waals surface area contributed by atoms with E-state index in [1.807, 2.05) is 30.3 Å². The first-order chi connectivity index (χ1) is 13.1. The molecule has 2 heterocycles. The molecule has 1 fully saturated rings. The van der Waals surface area contributed by atoms with Crippen LogP contribution in [0.25, 0.3) is 5.57 Å². The van der Waals surface area contributed by atoms with Crippen molar-refractivity contribution in [2.75, 3.05) is 18.0 Å². The molecule has 2 aromatic carbocycles. The van der Waals surface area contributed by atoms with Crippen LogP contribution < -0.4 is 4.90 Å². The molecule has 0 radical (unpaired) electrons. The maximum atomic E-state index is 13.4. The molecule has 2 aliphatic heterocycles. The Kier molecular flexibility index (Phi) is 4.75. The second-order valence-electron chi connectivity index (χ2n) is 7.18. The first-order valence-corrected chi connectivity index (χ1v) is 9.63. The molecule has 27 heavy (non-hydrogen) atoms. The monoisotopic (exact) mass is 380 g/mol. The van der Waals surface area contributed by atoms with Gasteiger partial charge in [-0.05, 0) is 36.5 Å². The molecule has 0 aromatic heterocycles. The summed E-state index contributed by atoms with van der Waals surface area (Å²) >= 11 is 6.31. The minimum Gasteiger partial charge on any atom is -0.366 e. The Bertz CT molecular complexity index is 923. The summed E-state index contributed by atoms with van der Waals surface area (Å²) in [4.78, 5) is 30.1. The maximum absolute atomic E-state index is 13.4. The van der Waals surface area contributed by atoms with Gasteiger partial charge in [-0.2, -0.15) is 0 Å². The second-order valence-corrected chi connectivity index (χ2v) is 7.59. The van der Waals surface area contributed by atoms with Crippen molar-refractivity contribution in [2.24, 2.45) is 5.92 Å². The van der Waals surface area contributed by atoms with E-state index >= 15 is 0 Å². The predicted molar refractivity (Wildman–Crippen MR) is 107 cm³/mol. The molecule has 0 aliphatic carbocycles. The average Bonchev–Trinajstić information content (AvgIpc) is 2.93. The summed E-state index contributed by atoms with van der Waals surface area (Å²) in [6, 6.07) is 16.4. The van der Waals surface area contributed by atoms with Crippen LogP contribution in [0.4, 0.5) is 5.69 Å². The van der Waals surface area contributed by atoms with Gasteiger partial charge in [0.1, 0.15) is 5.70 Å². The van der Waals surface area contributed by atoms with Gasteiger partial charge in [0, 0.05) is 13.1 Å². The Labute approximate surface area is 164 Å². The fourth-order valence-corrected chi connectivity index (χ4v) is 4.14. The van der Waals surface area contributed by atoms with Crippen LogP contribution in [-0.2, 0) is 9.59 Å². The van der Waals surface area contributed by atoms with Gasteiger partial charge in [0.05, 0.1) is 16.3 Å². The van der Waals surface area contributed by atoms with Gasteiger partial charge in [-0.1, -0.05) is 61.0 Å². The Morgan fingerprint density at radius 3 is 2.37 bits per heavy atom. The van der Waals surface area contributed by atoms with Crippen molar-refractivity contribution < 1.29 is 9.59 Å². The third-order valence-electron chi connectivity index (χ3n) is 5.19. The summed E-state index contributed by atoms with van der Waals surface area (Å²) < 4.78 is 0. The van der Waals surface area contributed by atoms with Gasteiger partial charge in [-0.15, -0.1) is 0 Å². The first kappa shape index (κ1) is 17.8. The van der Waals surface area contributed by atoms with E-state index < -0.39 is 0 Å². The molecular weight excluding hydrogens is 360 g/mol. The lowest BCUT2D eigenvalue weighted by atomic mass is 9.98. The van der Waals surface area contributed by atoms with E-state index in [2.05, 4.69) is 11.8 Å². The largest absolute Gasteiger partial charge is 0.366 e. The topological polar surface area (TPSA) is 40.6 Å². The number of benzene rings is 2. The lowest BCUT2D eigenvalue weighted by molar-refractivity contribution is -0.120. The molecule has 0 spiro atoms. The van der Waals surface area contributed by atoms with Crippen molar-refractivity contribution in [3.63, 3.8) is 0 Å². The van der Waals surface area contributed by atoms with E-state index in [4.69, 9.17) is 11.6 Å². The van der Waals surface area contributed by atoms with E-state index in [0.717, 1.165) is 31.5 Å². The number of carbonyl (C=O) groups is 2. The predicted octanol–water partition coefficient (Wildman–Crippen LogP) is 4.36. The Hall–Kier alpha value is -2.59. The summed E-state index contributed by atoms with van der Waals surface area (Å²) in [6.45, 7) is 3.74. The molecular formula is C22H21ClN2O2. The number of halogens is 1. The SMILES string of the molecule is CC1CCCN(C2=C(c3ccccc3)C(=O)N(c3ccccc3Cl)C2=O)C1. The summed E-state index contributed by atoms with van der Waals surface area (Å²) in [6.07, 6.45) is 2.15. The van der Waals surface area contributed by atoms with E-state index in [1.165, 1.54) is 4.90 Å². The number of piperidine rings is 1. The number of hydrogen-bond donors (Lipinski definition) is 0. The number of hydrogen-bond acceptors (Lipinski definition) is 3. The number of imide groups is 1. The average molecular weight is 381 g/mol. The van der Waals surface area contributed by atoms with Crippen LogP contribution in [-0.4, -0.2) is 29.8 Å². The van der Waals surface area contributed by atoms with Crippen molar-refractivity contribution in [3.8, 4) is 0 Å². The third kappa shape index (κ3) is 3.15. The molecule has 0 N–H and O–H groups in total. The molecule has 0 saturated carbocycles. The quantitative estimate of drug-likeness (QED) is 0.743. The lowest BCUT2D eigenvalue weighted by Crippen LogP contribution is -2.39. The smallest absolute Gasteiger partial charge is 0.282 e. The van der Waals surface area contributed by atoms with Crippen molar-refractivity contribution in [3.05, 3.63) is 70.9 Å². The zero-order valence-corrected chi connectivity index (χ0v) is 15.9. The van der Waals surface area contributed by atoms with Crippen molar-refractivity contribution in [2.45, 2.75) is 19.8 Å². The van der Waals surface area contributed by atoms with Gasteiger partial charge < -0.3 is 4.90 Å². The van der Waals surface area contributed by atoms with Gasteiger partial charge >= 0.3 is 0 Å². The molecule has 1 unspecified atom stereocenters. The summed E-state index contributed by atoms with van der Waals surface area (Å²) in [5.74, 6) is -0.117. The van der Waals surface area contributed by atoms with Crippen LogP contribution in [0.5, 0.6) is 0 Å². The molecule has 5 heteroatoms. The number of anilines is 1. The maximum Gasteiger partial charge on any atom is 0.282 e. The fraction of sp³-hybridized carbons (Fsp3) is 0.273. The van der Waals surface area contributed by atoms with Crippen LogP contribution in [0.3, 0.4) is 0 Å². The van der Waals surface area contributed by atoms with Gasteiger partial charge in [-0.25, -0.2) is 4.90 Å². The van der Waals surface area contributed by atoms with Crippen LogP contribution in [0, 0.1) is 5.92 Å². The van der Waals surface area contributed by atoms with Crippen molar-refractivity contribution >= 4 is 34.7 Å². The van der Waals surface area contributed by atoms with Gasteiger partial charge in [-0.3, -0.25) is 9.59 Å². The number of carbonyl (C=O) groups excluding carboxylic acids is 2. The van der Waals surface area contributed by atoms with Gasteiger partial charge in [0.2, 0.25) is 0 Å². The molecule has 1 atom stereocenters. The standard InChI is InChI=1S/C22H21ClN2O2/c1-15-8-7-13-24(14-15)20-19(16-9-3-2-4-10-16)21(26)25(22(20)27)18-12-6-5-11-17(18)23/h2-6,9-12,15H,7-8,13-14H2,1H3. The number of likely N-dealkylation sites (tertiary alicyclic amines) is 1. The van der Waals surface area contributed by atoms with E-state index in [0.29, 0.717) is 27.9 Å². The molecule has 2 amide bonds. The highest BCUT2D eigenvalue weighted by Gasteiger charge is 2.43. The Morgan fingerprint density at radius 1 is 0.963 bits per heavy atom. The number of nitrogens with zero attached hydrogens (tertiary/aromatic N) is 2. The molecule has 138 valence electrons. The number of rotatable bonds is 3. The molecule has 4 nitrogen and oxygen atoms in total. The van der Waals surface area contributed by atoms with Gasteiger partial charge in [0.15, 0.2) is 0 Å². The van der Waals surface area contributed by atoms with E-state index in [-0.39, 0.29) is 11.8 Å². The minimum absolute atomic E-state index is 0.291. The fourth-order valence-electron chi connectivity index (χ4n) is 3.92. The van der Waals surface area contributed by atoms with Gasteiger partial charge in [0.25, 0.3) is 11.8 Å².